The van der Waals surface area contributed by atoms with Crippen molar-refractivity contribution in [3.8, 4) is 34.0 Å². The van der Waals surface area contributed by atoms with Crippen LogP contribution in [0.5, 0.6) is 5.75 Å². The predicted octanol–water partition coefficient (Wildman–Crippen LogP) is 8.77. The third-order valence-electron chi connectivity index (χ3n) is 9.23. The molecule has 1 amide bonds. The van der Waals surface area contributed by atoms with Gasteiger partial charge >= 0.3 is 0 Å². The molecule has 3 heterocycles. The van der Waals surface area contributed by atoms with Crippen molar-refractivity contribution in [1.82, 2.24) is 9.13 Å². The summed E-state index contributed by atoms with van der Waals surface area (Å²) >= 11 is 4.91. The number of rotatable bonds is 8. The Morgan fingerprint density at radius 3 is 2.17 bits per heavy atom. The van der Waals surface area contributed by atoms with Crippen molar-refractivity contribution in [1.29, 1.82) is 0 Å². The number of carbonyl (C=O) groups is 1. The van der Waals surface area contributed by atoms with Crippen molar-refractivity contribution in [3.05, 3.63) is 192 Å². The quantitative estimate of drug-likeness (QED) is 0.168. The molecule has 0 saturated carbocycles. The summed E-state index contributed by atoms with van der Waals surface area (Å²) < 4.78 is 10.9. The minimum absolute atomic E-state index is 0.240. The number of allylic oxidation sites excluding steroid dienone is 1. The van der Waals surface area contributed by atoms with Crippen molar-refractivity contribution in [3.63, 3.8) is 0 Å². The number of thiazole rings is 1. The fourth-order valence-electron chi connectivity index (χ4n) is 6.81. The number of benzene rings is 5. The number of para-hydroxylation sites is 1. The number of hydrogen-bond acceptors (Lipinski definition) is 5. The molecule has 1 aliphatic heterocycles. The number of nitrogens with one attached hydrogen (secondary N) is 1. The normalized spacial score (nSPS) is 14.1. The Morgan fingerprint density at radius 2 is 1.49 bits per heavy atom. The number of amides is 1. The van der Waals surface area contributed by atoms with Crippen LogP contribution in [0.4, 0.5) is 5.69 Å². The van der Waals surface area contributed by atoms with Crippen molar-refractivity contribution in [2.24, 2.45) is 4.99 Å². The van der Waals surface area contributed by atoms with Gasteiger partial charge in [-0.15, -0.1) is 0 Å². The molecule has 8 rings (SSSR count). The van der Waals surface area contributed by atoms with E-state index in [9.17, 15) is 9.59 Å². The molecule has 5 aromatic carbocycles. The van der Waals surface area contributed by atoms with Crippen LogP contribution in [0, 0.1) is 0 Å². The first-order chi connectivity index (χ1) is 25.9. The molecule has 1 N–H and O–H groups in total. The molecule has 7 nitrogen and oxygen atoms in total. The minimum Gasteiger partial charge on any atom is -0.497 e. The van der Waals surface area contributed by atoms with Gasteiger partial charge in [0.25, 0.3) is 11.5 Å². The van der Waals surface area contributed by atoms with E-state index in [2.05, 4.69) is 68.3 Å². The van der Waals surface area contributed by atoms with E-state index < -0.39 is 6.04 Å². The Kier molecular flexibility index (Phi) is 9.35. The summed E-state index contributed by atoms with van der Waals surface area (Å²) in [5.74, 6) is 0.294. The van der Waals surface area contributed by atoms with Crippen LogP contribution in [-0.2, 0) is 4.79 Å². The zero-order valence-corrected chi connectivity index (χ0v) is 31.3. The third-order valence-corrected chi connectivity index (χ3v) is 10.7. The van der Waals surface area contributed by atoms with E-state index >= 15 is 0 Å². The smallest absolute Gasteiger partial charge is 0.271 e. The number of ether oxygens (including phenoxy) is 1. The number of aromatic nitrogens is 2. The first-order valence-electron chi connectivity index (χ1n) is 17.0. The van der Waals surface area contributed by atoms with E-state index in [1.165, 1.54) is 11.3 Å². The summed E-state index contributed by atoms with van der Waals surface area (Å²) in [5.41, 5.74) is 7.90. The van der Waals surface area contributed by atoms with Gasteiger partial charge in [0, 0.05) is 21.4 Å². The van der Waals surface area contributed by atoms with E-state index in [-0.39, 0.29) is 11.5 Å². The summed E-state index contributed by atoms with van der Waals surface area (Å²) in [6.45, 7) is 1.82. The second-order valence-corrected chi connectivity index (χ2v) is 14.5. The zero-order valence-electron chi connectivity index (χ0n) is 28.9. The fourth-order valence-corrected chi connectivity index (χ4v) is 8.11. The number of methoxy groups -OCH3 is 1. The lowest BCUT2D eigenvalue weighted by molar-refractivity contribution is -0.113. The molecule has 0 radical (unpaired) electrons. The van der Waals surface area contributed by atoms with Gasteiger partial charge in [-0.3, -0.25) is 14.2 Å². The number of halogens is 1. The number of hydrogen-bond donors (Lipinski definition) is 1. The minimum atomic E-state index is -0.743. The van der Waals surface area contributed by atoms with Gasteiger partial charge in [-0.2, -0.15) is 0 Å². The summed E-state index contributed by atoms with van der Waals surface area (Å²) in [7, 11) is 1.60. The van der Waals surface area contributed by atoms with Crippen LogP contribution in [0.1, 0.15) is 24.1 Å². The summed E-state index contributed by atoms with van der Waals surface area (Å²) in [4.78, 5) is 34.3. The molecule has 9 heteroatoms. The molecule has 0 bridgehead atoms. The SMILES string of the molecule is COc1cccc([C@H]2C(C(=O)Nc3ccccc3)=C(C)N=c3s/c(=C\c4cc(-c5ccccc5)n(-c5ccc(Br)cc5)c4-c4ccccc4)c(=O)n32)c1. The molecular formula is C44H33BrN4O3S. The van der Waals surface area contributed by atoms with Gasteiger partial charge in [-0.25, -0.2) is 4.99 Å². The number of carbonyl (C=O) groups excluding carboxylic acids is 1. The Bertz CT molecular complexity index is 2680. The first-order valence-corrected chi connectivity index (χ1v) is 18.7. The van der Waals surface area contributed by atoms with Crippen molar-refractivity contribution >= 4 is 44.9 Å². The van der Waals surface area contributed by atoms with Crippen molar-refractivity contribution < 1.29 is 9.53 Å². The third kappa shape index (κ3) is 6.61. The van der Waals surface area contributed by atoms with E-state index in [1.54, 1.807) is 11.7 Å². The topological polar surface area (TPSA) is 77.6 Å². The molecule has 0 spiro atoms. The van der Waals surface area contributed by atoms with Crippen LogP contribution in [0.3, 0.4) is 0 Å². The maximum Gasteiger partial charge on any atom is 0.271 e. The lowest BCUT2D eigenvalue weighted by atomic mass is 9.95. The molecular weight excluding hydrogens is 744 g/mol. The highest BCUT2D eigenvalue weighted by Crippen LogP contribution is 2.37. The average molecular weight is 778 g/mol. The molecule has 0 fully saturated rings. The molecule has 53 heavy (non-hydrogen) atoms. The van der Waals surface area contributed by atoms with E-state index in [1.807, 2.05) is 116 Å². The van der Waals surface area contributed by atoms with E-state index in [4.69, 9.17) is 9.73 Å². The van der Waals surface area contributed by atoms with Gasteiger partial charge in [-0.1, -0.05) is 118 Å². The Balaban J connectivity index is 1.36. The van der Waals surface area contributed by atoms with Crippen molar-refractivity contribution in [2.75, 3.05) is 12.4 Å². The van der Waals surface area contributed by atoms with Gasteiger partial charge in [0.2, 0.25) is 0 Å². The van der Waals surface area contributed by atoms with Gasteiger partial charge in [0.05, 0.1) is 40.3 Å². The maximum absolute atomic E-state index is 14.8. The Hall–Kier alpha value is -6.03. The molecule has 0 aliphatic carbocycles. The standard InChI is InChI=1S/C44H33BrN4O3S/c1-28-39(42(50)47-34-18-10-5-11-19-34)41(31-17-12-20-36(25-31)52-2)49-43(51)38(53-44(49)46-28)27-32-26-37(29-13-6-3-7-14-29)48(35-23-21-33(45)22-24-35)40(32)30-15-8-4-9-16-30/h3-27,41H,1-2H3,(H,47,50)/b38-27-/t41-/m0/s1. The molecule has 2 aromatic heterocycles. The van der Waals surface area contributed by atoms with E-state index in [0.29, 0.717) is 32.0 Å². The molecule has 0 unspecified atom stereocenters. The Labute approximate surface area is 318 Å². The number of nitrogens with zero attached hydrogens (tertiary/aromatic N) is 3. The molecule has 7 aromatic rings. The average Bonchev–Trinajstić information content (AvgIpc) is 3.72. The Morgan fingerprint density at radius 1 is 0.830 bits per heavy atom. The van der Waals surface area contributed by atoms with Crippen LogP contribution in [-0.4, -0.2) is 22.2 Å². The van der Waals surface area contributed by atoms with Gasteiger partial charge in [-0.05, 0) is 84.3 Å². The lowest BCUT2D eigenvalue weighted by Gasteiger charge is -2.25. The highest BCUT2D eigenvalue weighted by atomic mass is 79.9. The van der Waals surface area contributed by atoms with Crippen LogP contribution in [0.2, 0.25) is 0 Å². The van der Waals surface area contributed by atoms with Gasteiger partial charge in [0.1, 0.15) is 5.75 Å². The van der Waals surface area contributed by atoms with Crippen LogP contribution in [0.25, 0.3) is 34.3 Å². The second kappa shape index (κ2) is 14.5. The molecule has 1 aliphatic rings. The van der Waals surface area contributed by atoms with Crippen LogP contribution >= 0.6 is 27.3 Å². The summed E-state index contributed by atoms with van der Waals surface area (Å²) in [5, 5.41) is 3.02. The highest BCUT2D eigenvalue weighted by Gasteiger charge is 2.33. The predicted molar refractivity (Wildman–Crippen MR) is 216 cm³/mol. The zero-order chi connectivity index (χ0) is 36.5. The van der Waals surface area contributed by atoms with E-state index in [0.717, 1.165) is 43.8 Å². The van der Waals surface area contributed by atoms with Crippen LogP contribution in [0.15, 0.2) is 171 Å². The summed E-state index contributed by atoms with van der Waals surface area (Å²) in [6, 6.07) is 46.9. The van der Waals surface area contributed by atoms with Gasteiger partial charge < -0.3 is 14.6 Å². The first kappa shape index (κ1) is 34.1. The fraction of sp³-hybridized carbons (Fsp3) is 0.0682. The second-order valence-electron chi connectivity index (χ2n) is 12.6. The molecule has 0 saturated heterocycles. The van der Waals surface area contributed by atoms with Gasteiger partial charge in [0.15, 0.2) is 4.80 Å². The maximum atomic E-state index is 14.8. The summed E-state index contributed by atoms with van der Waals surface area (Å²) in [6.07, 6.45) is 1.96. The molecule has 260 valence electrons. The lowest BCUT2D eigenvalue weighted by Crippen LogP contribution is -2.40. The number of fused-ring (bicyclic) bond motifs is 1. The van der Waals surface area contributed by atoms with Crippen LogP contribution < -0.4 is 24.9 Å². The van der Waals surface area contributed by atoms with Crippen molar-refractivity contribution in [2.45, 2.75) is 13.0 Å². The molecule has 1 atom stereocenters. The highest BCUT2D eigenvalue weighted by molar-refractivity contribution is 9.10. The monoisotopic (exact) mass is 776 g/mol. The number of anilines is 1. The largest absolute Gasteiger partial charge is 0.497 e.